The van der Waals surface area contributed by atoms with Crippen molar-refractivity contribution in [1.82, 2.24) is 4.90 Å². The van der Waals surface area contributed by atoms with E-state index >= 15 is 0 Å². The average molecular weight is 349 g/mol. The number of benzene rings is 1. The van der Waals surface area contributed by atoms with Crippen LogP contribution in [0, 0.1) is 6.92 Å². The topological polar surface area (TPSA) is 41.9 Å². The molecule has 1 N–H and O–H groups in total. The highest BCUT2D eigenvalue weighted by Crippen LogP contribution is 2.22. The molecule has 3 atom stereocenters. The molecule has 3 unspecified atom stereocenters. The van der Waals surface area contributed by atoms with Crippen LogP contribution in [0.2, 0.25) is 5.02 Å². The Balaban J connectivity index is 0.00000242. The van der Waals surface area contributed by atoms with Crippen molar-refractivity contribution in [2.24, 2.45) is 0 Å². The molecular weight excluding hydrogens is 325 g/mol. The fourth-order valence-corrected chi connectivity index (χ4v) is 2.97. The summed E-state index contributed by atoms with van der Waals surface area (Å²) >= 11 is 5.91. The quantitative estimate of drug-likeness (QED) is 0.779. The standard InChI is InChI=1S/C16H24ClNO3.ClH/c1-11-6-14(17)4-5-16(11)20-10-15(19)9-18-7-12(2)21-13(3)8-18;/h4-6,12-13,15,19H,7-10H2,1-3H3;1H/p-1. The molecule has 6 heteroatoms. The van der Waals surface area contributed by atoms with Gasteiger partial charge in [0.05, 0.1) is 12.2 Å². The van der Waals surface area contributed by atoms with E-state index in [4.69, 9.17) is 21.1 Å². The Bertz CT molecular complexity index is 463. The van der Waals surface area contributed by atoms with Crippen molar-refractivity contribution in [2.75, 3.05) is 26.2 Å². The summed E-state index contributed by atoms with van der Waals surface area (Å²) in [5, 5.41) is 10.8. The Labute approximate surface area is 143 Å². The lowest BCUT2D eigenvalue weighted by Crippen LogP contribution is -3.00. The molecule has 4 nitrogen and oxygen atoms in total. The van der Waals surface area contributed by atoms with E-state index in [1.165, 1.54) is 0 Å². The Hall–Kier alpha value is -0.520. The molecule has 1 aliphatic rings. The third kappa shape index (κ3) is 5.94. The molecule has 1 heterocycles. The van der Waals surface area contributed by atoms with Crippen molar-refractivity contribution in [1.29, 1.82) is 0 Å². The molecule has 1 aliphatic heterocycles. The first-order valence-corrected chi connectivity index (χ1v) is 7.76. The number of β-amino-alcohol motifs (C(OH)–C–C–N with tert-alkyl or cyclic N) is 1. The lowest BCUT2D eigenvalue weighted by molar-refractivity contribution is -0.0787. The Morgan fingerprint density at radius 2 is 2.00 bits per heavy atom. The average Bonchev–Trinajstić information content (AvgIpc) is 2.36. The number of aryl methyl sites for hydroxylation is 1. The number of hydrogen-bond donors (Lipinski definition) is 1. The SMILES string of the molecule is Cc1cc(Cl)ccc1OCC(O)CN1CC(C)OC(C)C1.[Cl-]. The number of aliphatic hydroxyl groups excluding tert-OH is 1. The second-order valence-electron chi connectivity index (χ2n) is 5.85. The molecule has 1 aromatic rings. The van der Waals surface area contributed by atoms with Crippen LogP contribution in [0.3, 0.4) is 0 Å². The number of halogens is 2. The highest BCUT2D eigenvalue weighted by Gasteiger charge is 2.23. The predicted octanol–water partition coefficient (Wildman–Crippen LogP) is -0.499. The van der Waals surface area contributed by atoms with Crippen LogP contribution in [-0.2, 0) is 4.74 Å². The molecule has 1 aromatic carbocycles. The summed E-state index contributed by atoms with van der Waals surface area (Å²) < 4.78 is 11.4. The van der Waals surface area contributed by atoms with Gasteiger partial charge in [-0.15, -0.1) is 0 Å². The molecule has 1 saturated heterocycles. The first-order valence-electron chi connectivity index (χ1n) is 7.39. The molecule has 0 saturated carbocycles. The minimum absolute atomic E-state index is 0. The molecule has 0 bridgehead atoms. The lowest BCUT2D eigenvalue weighted by atomic mass is 10.2. The first kappa shape index (κ1) is 19.5. The Morgan fingerprint density at radius 1 is 1.36 bits per heavy atom. The monoisotopic (exact) mass is 348 g/mol. The molecule has 0 amide bonds. The predicted molar refractivity (Wildman–Crippen MR) is 84.1 cm³/mol. The molecule has 126 valence electrons. The second kappa shape index (κ2) is 8.94. The van der Waals surface area contributed by atoms with Crippen LogP contribution in [0.25, 0.3) is 0 Å². The van der Waals surface area contributed by atoms with E-state index < -0.39 is 6.10 Å². The number of aliphatic hydroxyl groups is 1. The van der Waals surface area contributed by atoms with Gasteiger partial charge in [-0.2, -0.15) is 0 Å². The summed E-state index contributed by atoms with van der Waals surface area (Å²) in [5.41, 5.74) is 0.975. The number of nitrogens with zero attached hydrogens (tertiary/aromatic N) is 1. The Kier molecular flexibility index (Phi) is 7.94. The van der Waals surface area contributed by atoms with Crippen LogP contribution in [0.15, 0.2) is 18.2 Å². The van der Waals surface area contributed by atoms with E-state index in [0.717, 1.165) is 24.4 Å². The van der Waals surface area contributed by atoms with Crippen molar-refractivity contribution >= 4 is 11.6 Å². The number of ether oxygens (including phenoxy) is 2. The van der Waals surface area contributed by atoms with Gasteiger partial charge in [0.1, 0.15) is 18.5 Å². The minimum Gasteiger partial charge on any atom is -1.00 e. The zero-order valence-electron chi connectivity index (χ0n) is 13.3. The van der Waals surface area contributed by atoms with Crippen LogP contribution >= 0.6 is 11.6 Å². The van der Waals surface area contributed by atoms with Crippen LogP contribution in [0.1, 0.15) is 19.4 Å². The summed E-state index contributed by atoms with van der Waals surface area (Å²) in [4.78, 5) is 2.22. The van der Waals surface area contributed by atoms with E-state index in [0.29, 0.717) is 11.6 Å². The second-order valence-corrected chi connectivity index (χ2v) is 6.29. The van der Waals surface area contributed by atoms with E-state index in [-0.39, 0.29) is 31.2 Å². The van der Waals surface area contributed by atoms with Crippen LogP contribution in [0.5, 0.6) is 5.75 Å². The van der Waals surface area contributed by atoms with Gasteiger partial charge in [-0.3, -0.25) is 4.90 Å². The van der Waals surface area contributed by atoms with Crippen molar-refractivity contribution in [3.8, 4) is 5.75 Å². The summed E-state index contributed by atoms with van der Waals surface area (Å²) in [5.74, 6) is 0.766. The van der Waals surface area contributed by atoms with Crippen molar-refractivity contribution < 1.29 is 27.0 Å². The molecular formula is C16H24Cl2NO3-. The summed E-state index contributed by atoms with van der Waals surface area (Å²) in [7, 11) is 0. The smallest absolute Gasteiger partial charge is 0.122 e. The largest absolute Gasteiger partial charge is 1.00 e. The lowest BCUT2D eigenvalue weighted by Gasteiger charge is -2.36. The van der Waals surface area contributed by atoms with E-state index in [2.05, 4.69) is 18.7 Å². The summed E-state index contributed by atoms with van der Waals surface area (Å²) in [6.45, 7) is 8.64. The zero-order valence-corrected chi connectivity index (χ0v) is 14.8. The van der Waals surface area contributed by atoms with E-state index in [1.54, 1.807) is 6.07 Å². The van der Waals surface area contributed by atoms with E-state index in [9.17, 15) is 5.11 Å². The van der Waals surface area contributed by atoms with Crippen molar-refractivity contribution in [3.05, 3.63) is 28.8 Å². The van der Waals surface area contributed by atoms with Gasteiger partial charge in [0.15, 0.2) is 0 Å². The molecule has 22 heavy (non-hydrogen) atoms. The minimum atomic E-state index is -0.516. The van der Waals surface area contributed by atoms with Crippen molar-refractivity contribution in [3.63, 3.8) is 0 Å². The van der Waals surface area contributed by atoms with Crippen molar-refractivity contribution in [2.45, 2.75) is 39.1 Å². The maximum absolute atomic E-state index is 10.1. The molecule has 2 rings (SSSR count). The van der Waals surface area contributed by atoms with Gasteiger partial charge in [-0.05, 0) is 44.5 Å². The van der Waals surface area contributed by atoms with Crippen LogP contribution in [0.4, 0.5) is 0 Å². The van der Waals surface area contributed by atoms with E-state index in [1.807, 2.05) is 19.1 Å². The normalized spacial score (nSPS) is 23.7. The van der Waals surface area contributed by atoms with Gasteiger partial charge in [-0.25, -0.2) is 0 Å². The first-order chi connectivity index (χ1) is 9.94. The van der Waals surface area contributed by atoms with Gasteiger partial charge in [-0.1, -0.05) is 11.6 Å². The van der Waals surface area contributed by atoms with Gasteiger partial charge in [0, 0.05) is 24.7 Å². The number of morpholine rings is 1. The fourth-order valence-electron chi connectivity index (χ4n) is 2.74. The summed E-state index contributed by atoms with van der Waals surface area (Å²) in [6, 6.07) is 5.49. The maximum atomic E-state index is 10.1. The van der Waals surface area contributed by atoms with Gasteiger partial charge in [0.25, 0.3) is 0 Å². The summed E-state index contributed by atoms with van der Waals surface area (Å²) in [6.07, 6.45) is -0.0988. The highest BCUT2D eigenvalue weighted by molar-refractivity contribution is 6.30. The molecule has 0 radical (unpaired) electrons. The molecule has 0 aromatic heterocycles. The van der Waals surface area contributed by atoms with Crippen LogP contribution in [-0.4, -0.2) is 54.6 Å². The van der Waals surface area contributed by atoms with Gasteiger partial charge >= 0.3 is 0 Å². The molecule has 1 fully saturated rings. The third-order valence-corrected chi connectivity index (χ3v) is 3.77. The van der Waals surface area contributed by atoms with Gasteiger partial charge < -0.3 is 27.0 Å². The Morgan fingerprint density at radius 3 is 2.59 bits per heavy atom. The fraction of sp³-hybridized carbons (Fsp3) is 0.625. The molecule has 0 spiro atoms. The van der Waals surface area contributed by atoms with Crippen LogP contribution < -0.4 is 17.1 Å². The van der Waals surface area contributed by atoms with Gasteiger partial charge in [0.2, 0.25) is 0 Å². The molecule has 0 aliphatic carbocycles. The maximum Gasteiger partial charge on any atom is 0.122 e. The zero-order chi connectivity index (χ0) is 15.4. The third-order valence-electron chi connectivity index (χ3n) is 3.53. The number of hydrogen-bond acceptors (Lipinski definition) is 4. The highest BCUT2D eigenvalue weighted by atomic mass is 35.5. The number of rotatable bonds is 5.